The molecule has 0 atom stereocenters. The maximum atomic E-state index is 13.6. The molecule has 0 aliphatic carbocycles. The van der Waals surface area contributed by atoms with Gasteiger partial charge in [0.25, 0.3) is 0 Å². The van der Waals surface area contributed by atoms with Crippen molar-refractivity contribution < 1.29 is 23.0 Å². The maximum absolute atomic E-state index is 13.6. The van der Waals surface area contributed by atoms with Crippen LogP contribution in [0.3, 0.4) is 0 Å². The van der Waals surface area contributed by atoms with Gasteiger partial charge in [0.15, 0.2) is 17.4 Å². The van der Waals surface area contributed by atoms with E-state index in [0.29, 0.717) is 30.5 Å². The molecule has 1 heterocycles. The second-order valence-corrected chi connectivity index (χ2v) is 5.40. The number of rotatable bonds is 4. The Morgan fingerprint density at radius 2 is 1.84 bits per heavy atom. The van der Waals surface area contributed by atoms with Crippen LogP contribution in [0.2, 0.25) is 0 Å². The van der Waals surface area contributed by atoms with Gasteiger partial charge < -0.3 is 14.2 Å². The van der Waals surface area contributed by atoms with E-state index in [2.05, 4.69) is 15.9 Å². The van der Waals surface area contributed by atoms with Crippen molar-refractivity contribution in [1.29, 1.82) is 0 Å². The van der Waals surface area contributed by atoms with Gasteiger partial charge in [0, 0.05) is 37.6 Å². The van der Waals surface area contributed by atoms with Crippen LogP contribution in [0.25, 0.3) is 0 Å². The predicted molar refractivity (Wildman–Crippen MR) is 69.3 cm³/mol. The molecule has 1 saturated heterocycles. The Bertz CT molecular complexity index is 425. The van der Waals surface area contributed by atoms with Crippen LogP contribution in [0.5, 0.6) is 5.75 Å². The summed E-state index contributed by atoms with van der Waals surface area (Å²) in [6.07, 6.45) is 1.28. The smallest absolute Gasteiger partial charge is 0.190 e. The fourth-order valence-electron chi connectivity index (χ4n) is 2.02. The molecule has 3 nitrogen and oxygen atoms in total. The quantitative estimate of drug-likeness (QED) is 0.844. The molecule has 2 rings (SSSR count). The molecule has 0 saturated carbocycles. The number of benzene rings is 1. The van der Waals surface area contributed by atoms with Crippen molar-refractivity contribution >= 4 is 15.9 Å². The molecular formula is C13H15BrF2O3. The van der Waals surface area contributed by atoms with Crippen LogP contribution in [0.1, 0.15) is 12.8 Å². The molecule has 1 fully saturated rings. The van der Waals surface area contributed by atoms with E-state index in [0.717, 1.165) is 0 Å². The van der Waals surface area contributed by atoms with Crippen LogP contribution in [-0.4, -0.2) is 32.5 Å². The molecule has 0 aromatic heterocycles. The van der Waals surface area contributed by atoms with E-state index in [1.807, 2.05) is 0 Å². The van der Waals surface area contributed by atoms with Crippen molar-refractivity contribution in [1.82, 2.24) is 0 Å². The molecule has 0 N–H and O–H groups in total. The normalized spacial score (nSPS) is 18.3. The van der Waals surface area contributed by atoms with Gasteiger partial charge in [-0.15, -0.1) is 0 Å². The predicted octanol–water partition coefficient (Wildman–Crippen LogP) is 3.30. The van der Waals surface area contributed by atoms with Gasteiger partial charge in [-0.3, -0.25) is 0 Å². The van der Waals surface area contributed by atoms with Crippen LogP contribution in [-0.2, 0) is 9.47 Å². The topological polar surface area (TPSA) is 27.7 Å². The average Bonchev–Trinajstić information content (AvgIpc) is 2.38. The lowest BCUT2D eigenvalue weighted by Gasteiger charge is -2.35. The minimum Gasteiger partial charge on any atom is -0.485 e. The minimum atomic E-state index is -0.731. The number of methoxy groups -OCH3 is 1. The highest BCUT2D eigenvalue weighted by Crippen LogP contribution is 2.29. The third kappa shape index (κ3) is 3.43. The second kappa shape index (κ2) is 6.15. The van der Waals surface area contributed by atoms with E-state index < -0.39 is 17.2 Å². The molecule has 0 bridgehead atoms. The molecule has 106 valence electrons. The molecule has 1 aromatic carbocycles. The molecular weight excluding hydrogens is 322 g/mol. The Labute approximate surface area is 119 Å². The first-order chi connectivity index (χ1) is 9.06. The first-order valence-corrected chi connectivity index (χ1v) is 6.76. The minimum absolute atomic E-state index is 0.0995. The van der Waals surface area contributed by atoms with Crippen LogP contribution in [0.15, 0.2) is 16.6 Å². The largest absolute Gasteiger partial charge is 0.485 e. The van der Waals surface area contributed by atoms with Crippen LogP contribution in [0.4, 0.5) is 8.78 Å². The Hall–Kier alpha value is -0.720. The fraction of sp³-hybridized carbons (Fsp3) is 0.538. The molecule has 0 amide bonds. The van der Waals surface area contributed by atoms with E-state index >= 15 is 0 Å². The molecule has 1 aliphatic heterocycles. The lowest BCUT2D eigenvalue weighted by molar-refractivity contribution is -0.110. The maximum Gasteiger partial charge on any atom is 0.190 e. The summed E-state index contributed by atoms with van der Waals surface area (Å²) in [5.74, 6) is -1.83. The van der Waals surface area contributed by atoms with Gasteiger partial charge in [0.05, 0.1) is 0 Å². The number of hydrogen-bond donors (Lipinski definition) is 0. The Morgan fingerprint density at radius 3 is 2.37 bits per heavy atom. The zero-order valence-electron chi connectivity index (χ0n) is 10.5. The van der Waals surface area contributed by atoms with Crippen molar-refractivity contribution in [2.24, 2.45) is 0 Å². The van der Waals surface area contributed by atoms with Gasteiger partial charge in [-0.1, -0.05) is 15.9 Å². The summed E-state index contributed by atoms with van der Waals surface area (Å²) >= 11 is 3.02. The fourth-order valence-corrected chi connectivity index (χ4v) is 2.42. The summed E-state index contributed by atoms with van der Waals surface area (Å²) in [5, 5.41) is 0. The van der Waals surface area contributed by atoms with E-state index in [9.17, 15) is 8.78 Å². The van der Waals surface area contributed by atoms with Crippen molar-refractivity contribution in [2.75, 3.05) is 26.9 Å². The summed E-state index contributed by atoms with van der Waals surface area (Å²) in [6.45, 7) is 1.22. The molecule has 1 aliphatic rings. The van der Waals surface area contributed by atoms with Gasteiger partial charge in [-0.2, -0.15) is 0 Å². The van der Waals surface area contributed by atoms with Crippen LogP contribution < -0.4 is 4.74 Å². The number of ether oxygens (including phenoxy) is 3. The lowest BCUT2D eigenvalue weighted by atomic mass is 9.95. The number of halogens is 3. The van der Waals surface area contributed by atoms with E-state index in [1.54, 1.807) is 7.11 Å². The summed E-state index contributed by atoms with van der Waals surface area (Å²) in [6, 6.07) is 2.34. The highest BCUT2D eigenvalue weighted by atomic mass is 79.9. The molecule has 0 unspecified atom stereocenters. The zero-order valence-corrected chi connectivity index (χ0v) is 12.1. The zero-order chi connectivity index (χ0) is 13.9. The molecule has 19 heavy (non-hydrogen) atoms. The Kier molecular flexibility index (Phi) is 4.76. The van der Waals surface area contributed by atoms with Crippen molar-refractivity contribution in [3.05, 3.63) is 28.2 Å². The summed E-state index contributed by atoms with van der Waals surface area (Å²) in [5.41, 5.74) is -0.537. The van der Waals surface area contributed by atoms with E-state index in [-0.39, 0.29) is 12.4 Å². The number of hydrogen-bond acceptors (Lipinski definition) is 3. The second-order valence-electron chi connectivity index (χ2n) is 4.49. The van der Waals surface area contributed by atoms with Crippen LogP contribution in [0, 0.1) is 11.6 Å². The van der Waals surface area contributed by atoms with Gasteiger partial charge >= 0.3 is 0 Å². The molecule has 0 spiro atoms. The monoisotopic (exact) mass is 336 g/mol. The summed E-state index contributed by atoms with van der Waals surface area (Å²) in [7, 11) is 1.57. The van der Waals surface area contributed by atoms with E-state index in [4.69, 9.17) is 14.2 Å². The van der Waals surface area contributed by atoms with Crippen LogP contribution >= 0.6 is 15.9 Å². The van der Waals surface area contributed by atoms with Gasteiger partial charge in [-0.05, 0) is 12.1 Å². The standard InChI is InChI=1S/C13H15BrF2O3/c1-17-13(2-4-18-5-3-13)8-19-12-10(15)6-9(14)7-11(12)16/h6-7H,2-5,8H2,1H3. The van der Waals surface area contributed by atoms with Crippen molar-refractivity contribution in [3.63, 3.8) is 0 Å². The third-order valence-corrected chi connectivity index (χ3v) is 3.74. The van der Waals surface area contributed by atoms with Crippen molar-refractivity contribution in [2.45, 2.75) is 18.4 Å². The summed E-state index contributed by atoms with van der Waals surface area (Å²) < 4.78 is 43.6. The Morgan fingerprint density at radius 1 is 1.26 bits per heavy atom. The average molecular weight is 337 g/mol. The third-order valence-electron chi connectivity index (χ3n) is 3.28. The summed E-state index contributed by atoms with van der Waals surface area (Å²) in [4.78, 5) is 0. The molecule has 6 heteroatoms. The lowest BCUT2D eigenvalue weighted by Crippen LogP contribution is -2.43. The Balaban J connectivity index is 2.09. The highest BCUT2D eigenvalue weighted by molar-refractivity contribution is 9.10. The first kappa shape index (κ1) is 14.7. The van der Waals surface area contributed by atoms with Gasteiger partial charge in [0.1, 0.15) is 12.2 Å². The first-order valence-electron chi connectivity index (χ1n) is 5.96. The SMILES string of the molecule is COC1(COc2c(F)cc(Br)cc2F)CCOCC1. The van der Waals surface area contributed by atoms with E-state index in [1.165, 1.54) is 12.1 Å². The van der Waals surface area contributed by atoms with Crippen molar-refractivity contribution in [3.8, 4) is 5.75 Å². The van der Waals surface area contributed by atoms with Gasteiger partial charge in [0.2, 0.25) is 0 Å². The van der Waals surface area contributed by atoms with Gasteiger partial charge in [-0.25, -0.2) is 8.78 Å². The highest BCUT2D eigenvalue weighted by Gasteiger charge is 2.34. The molecule has 1 aromatic rings. The molecule has 0 radical (unpaired) electrons.